The van der Waals surface area contributed by atoms with Gasteiger partial charge >= 0.3 is 0 Å². The Morgan fingerprint density at radius 1 is 1.32 bits per heavy atom. The molecule has 0 unspecified atom stereocenters. The van der Waals surface area contributed by atoms with Crippen LogP contribution in [0.25, 0.3) is 0 Å². The number of Topliss-reactive ketones (excluding diaryl/α,β-unsaturated/α-hetero) is 1. The number of nitrogens with zero attached hydrogens (tertiary/aromatic N) is 1. The van der Waals surface area contributed by atoms with E-state index in [1.807, 2.05) is 32.8 Å². The van der Waals surface area contributed by atoms with Crippen LogP contribution in [0.15, 0.2) is 18.2 Å². The minimum atomic E-state index is -0.624. The second kappa shape index (κ2) is 6.15. The van der Waals surface area contributed by atoms with Crippen molar-refractivity contribution in [2.24, 2.45) is 0 Å². The molecule has 1 rings (SSSR count). The molecule has 0 aliphatic rings. The van der Waals surface area contributed by atoms with Crippen LogP contribution in [0.3, 0.4) is 0 Å². The van der Waals surface area contributed by atoms with Gasteiger partial charge in [-0.2, -0.15) is 0 Å². The molecule has 1 aromatic carbocycles. The Morgan fingerprint density at radius 3 is 2.32 bits per heavy atom. The van der Waals surface area contributed by atoms with E-state index in [-0.39, 0.29) is 5.78 Å². The van der Waals surface area contributed by atoms with E-state index < -0.39 is 11.4 Å². The highest BCUT2D eigenvalue weighted by Gasteiger charge is 2.38. The number of hydrogen-bond donors (Lipinski definition) is 0. The van der Waals surface area contributed by atoms with Crippen molar-refractivity contribution in [3.8, 4) is 5.75 Å². The molecule has 0 saturated carbocycles. The molecule has 3 nitrogen and oxygen atoms in total. The van der Waals surface area contributed by atoms with Crippen molar-refractivity contribution >= 4 is 5.78 Å². The zero-order valence-corrected chi connectivity index (χ0v) is 12.3. The number of benzene rings is 1. The van der Waals surface area contributed by atoms with Crippen molar-refractivity contribution in [3.63, 3.8) is 0 Å². The molecule has 19 heavy (non-hydrogen) atoms. The Balaban J connectivity index is 3.35. The van der Waals surface area contributed by atoms with Crippen LogP contribution in [0.1, 0.15) is 37.0 Å². The molecule has 0 N–H and O–H groups in total. The van der Waals surface area contributed by atoms with Crippen molar-refractivity contribution in [1.29, 1.82) is 0 Å². The van der Waals surface area contributed by atoms with Gasteiger partial charge in [0.1, 0.15) is 11.6 Å². The summed E-state index contributed by atoms with van der Waals surface area (Å²) in [6, 6.07) is 4.05. The van der Waals surface area contributed by atoms with Crippen LogP contribution >= 0.6 is 0 Å². The van der Waals surface area contributed by atoms with E-state index in [2.05, 4.69) is 0 Å². The second-order valence-corrected chi connectivity index (χ2v) is 4.81. The zero-order valence-electron chi connectivity index (χ0n) is 12.3. The Kier molecular flexibility index (Phi) is 5.06. The third-order valence-corrected chi connectivity index (χ3v) is 3.85. The third-order valence-electron chi connectivity index (χ3n) is 3.85. The second-order valence-electron chi connectivity index (χ2n) is 4.81. The summed E-state index contributed by atoms with van der Waals surface area (Å²) in [6.07, 6.45) is 1.32. The maximum Gasteiger partial charge on any atom is 0.186 e. The Labute approximate surface area is 114 Å². The van der Waals surface area contributed by atoms with Gasteiger partial charge in [0.2, 0.25) is 0 Å². The summed E-state index contributed by atoms with van der Waals surface area (Å²) in [5.41, 5.74) is -0.318. The van der Waals surface area contributed by atoms with Gasteiger partial charge in [-0.3, -0.25) is 9.69 Å². The lowest BCUT2D eigenvalue weighted by Crippen LogP contribution is -2.50. The van der Waals surface area contributed by atoms with Crippen LogP contribution < -0.4 is 4.74 Å². The van der Waals surface area contributed by atoms with Crippen molar-refractivity contribution in [2.75, 3.05) is 21.2 Å². The highest BCUT2D eigenvalue weighted by molar-refractivity contribution is 6.05. The molecular formula is C15H22FNO2. The van der Waals surface area contributed by atoms with Crippen LogP contribution in [0.4, 0.5) is 4.39 Å². The van der Waals surface area contributed by atoms with Gasteiger partial charge in [0.15, 0.2) is 5.78 Å². The molecule has 0 radical (unpaired) electrons. The Bertz CT molecular complexity index is 453. The van der Waals surface area contributed by atoms with Gasteiger partial charge in [0.25, 0.3) is 0 Å². The molecule has 106 valence electrons. The SMILES string of the molecule is CCC(CC)(C(=O)c1cc(F)ccc1OC)N(C)C. The molecular weight excluding hydrogens is 245 g/mol. The van der Waals surface area contributed by atoms with E-state index >= 15 is 0 Å². The number of ether oxygens (including phenoxy) is 1. The average molecular weight is 267 g/mol. The highest BCUT2D eigenvalue weighted by Crippen LogP contribution is 2.31. The number of ketones is 1. The lowest BCUT2D eigenvalue weighted by molar-refractivity contribution is 0.0652. The smallest absolute Gasteiger partial charge is 0.186 e. The number of methoxy groups -OCH3 is 1. The standard InChI is InChI=1S/C15H22FNO2/c1-6-15(7-2,17(3)4)14(18)12-10-11(16)8-9-13(12)19-5/h8-10H,6-7H2,1-5H3. The molecule has 0 spiro atoms. The first kappa shape index (κ1) is 15.6. The fraction of sp³-hybridized carbons (Fsp3) is 0.533. The van der Waals surface area contributed by atoms with Crippen molar-refractivity contribution < 1.29 is 13.9 Å². The molecule has 4 heteroatoms. The van der Waals surface area contributed by atoms with Gasteiger partial charge in [-0.15, -0.1) is 0 Å². The topological polar surface area (TPSA) is 29.5 Å². The summed E-state index contributed by atoms with van der Waals surface area (Å²) >= 11 is 0. The number of carbonyl (C=O) groups is 1. The van der Waals surface area contributed by atoms with E-state index in [0.29, 0.717) is 24.2 Å². The molecule has 0 amide bonds. The van der Waals surface area contributed by atoms with E-state index in [1.54, 1.807) is 0 Å². The van der Waals surface area contributed by atoms with Gasteiger partial charge in [-0.1, -0.05) is 13.8 Å². The van der Waals surface area contributed by atoms with Crippen molar-refractivity contribution in [3.05, 3.63) is 29.6 Å². The first-order chi connectivity index (χ1) is 8.92. The normalized spacial score (nSPS) is 11.7. The predicted octanol–water partition coefficient (Wildman–Crippen LogP) is 3.14. The van der Waals surface area contributed by atoms with Crippen molar-refractivity contribution in [1.82, 2.24) is 4.90 Å². The van der Waals surface area contributed by atoms with Crippen LogP contribution in [0, 0.1) is 5.82 Å². The number of halogens is 1. The first-order valence-corrected chi connectivity index (χ1v) is 6.48. The lowest BCUT2D eigenvalue weighted by Gasteiger charge is -2.37. The number of rotatable bonds is 6. The fourth-order valence-corrected chi connectivity index (χ4v) is 2.51. The summed E-state index contributed by atoms with van der Waals surface area (Å²) in [7, 11) is 5.23. The fourth-order valence-electron chi connectivity index (χ4n) is 2.51. The van der Waals surface area contributed by atoms with E-state index in [1.165, 1.54) is 25.3 Å². The molecule has 0 atom stereocenters. The zero-order chi connectivity index (χ0) is 14.6. The number of likely N-dealkylation sites (N-methyl/N-ethyl adjacent to an activating group) is 1. The average Bonchev–Trinajstić information content (AvgIpc) is 2.40. The van der Waals surface area contributed by atoms with Crippen LogP contribution in [0.5, 0.6) is 5.75 Å². The first-order valence-electron chi connectivity index (χ1n) is 6.48. The summed E-state index contributed by atoms with van der Waals surface area (Å²) in [5.74, 6) is -0.109. The third kappa shape index (κ3) is 2.78. The highest BCUT2D eigenvalue weighted by atomic mass is 19.1. The molecule has 0 heterocycles. The quantitative estimate of drug-likeness (QED) is 0.742. The van der Waals surface area contributed by atoms with E-state index in [0.717, 1.165) is 0 Å². The summed E-state index contributed by atoms with van der Waals surface area (Å²) in [4.78, 5) is 14.7. The minimum Gasteiger partial charge on any atom is -0.496 e. The van der Waals surface area contributed by atoms with E-state index in [9.17, 15) is 9.18 Å². The van der Waals surface area contributed by atoms with Crippen LogP contribution in [-0.2, 0) is 0 Å². The molecule has 0 aliphatic carbocycles. The van der Waals surface area contributed by atoms with Crippen molar-refractivity contribution in [2.45, 2.75) is 32.2 Å². The maximum absolute atomic E-state index is 13.4. The van der Waals surface area contributed by atoms with Gasteiger partial charge < -0.3 is 4.74 Å². The van der Waals surface area contributed by atoms with E-state index in [4.69, 9.17) is 4.74 Å². The Hall–Kier alpha value is -1.42. The van der Waals surface area contributed by atoms with Gasteiger partial charge in [-0.25, -0.2) is 4.39 Å². The summed E-state index contributed by atoms with van der Waals surface area (Å²) in [6.45, 7) is 3.93. The molecule has 0 aliphatic heterocycles. The minimum absolute atomic E-state index is 0.0983. The monoisotopic (exact) mass is 267 g/mol. The van der Waals surface area contributed by atoms with Crippen LogP contribution in [-0.4, -0.2) is 37.4 Å². The number of carbonyl (C=O) groups excluding carboxylic acids is 1. The van der Waals surface area contributed by atoms with Crippen LogP contribution in [0.2, 0.25) is 0 Å². The summed E-state index contributed by atoms with van der Waals surface area (Å²) in [5, 5.41) is 0. The lowest BCUT2D eigenvalue weighted by atomic mass is 9.83. The Morgan fingerprint density at radius 2 is 1.89 bits per heavy atom. The largest absolute Gasteiger partial charge is 0.496 e. The van der Waals surface area contributed by atoms with Gasteiger partial charge in [-0.05, 0) is 45.1 Å². The molecule has 0 bridgehead atoms. The maximum atomic E-state index is 13.4. The molecule has 1 aromatic rings. The number of hydrogen-bond acceptors (Lipinski definition) is 3. The van der Waals surface area contributed by atoms with Gasteiger partial charge in [0.05, 0.1) is 18.2 Å². The summed E-state index contributed by atoms with van der Waals surface area (Å²) < 4.78 is 18.6. The predicted molar refractivity (Wildman–Crippen MR) is 74.3 cm³/mol. The molecule has 0 aromatic heterocycles. The molecule has 0 saturated heterocycles. The molecule has 0 fully saturated rings. The van der Waals surface area contributed by atoms with Gasteiger partial charge in [0, 0.05) is 0 Å².